The van der Waals surface area contributed by atoms with E-state index >= 15 is 0 Å². The number of hydrogen-bond acceptors (Lipinski definition) is 5. The third-order valence-electron chi connectivity index (χ3n) is 6.23. The number of carboxylic acid groups (broad SMARTS) is 1. The fourth-order valence-corrected chi connectivity index (χ4v) is 5.13. The molecule has 0 aliphatic carbocycles. The van der Waals surface area contributed by atoms with Crippen LogP contribution in [0.2, 0.25) is 5.02 Å². The maximum Gasteiger partial charge on any atom is 0.416 e. The normalized spacial score (nSPS) is 11.3. The molecule has 0 bridgehead atoms. The van der Waals surface area contributed by atoms with E-state index in [1.807, 2.05) is 40.6 Å². The fourth-order valence-electron chi connectivity index (χ4n) is 4.11. The van der Waals surface area contributed by atoms with E-state index in [0.29, 0.717) is 45.0 Å². The first kappa shape index (κ1) is 28.2. The first-order valence-electron chi connectivity index (χ1n) is 12.4. The number of benzene rings is 4. The van der Waals surface area contributed by atoms with Crippen LogP contribution in [0.5, 0.6) is 5.75 Å². The van der Waals surface area contributed by atoms with Crippen molar-refractivity contribution in [1.82, 2.24) is 4.98 Å². The molecule has 208 valence electrons. The molecule has 0 fully saturated rings. The number of hydrogen-bond donors (Lipinski definition) is 1. The van der Waals surface area contributed by atoms with Crippen LogP contribution in [0.4, 0.5) is 24.0 Å². The molecular formula is C31H22ClF3N2O3S. The summed E-state index contributed by atoms with van der Waals surface area (Å²) in [5.74, 6) is -0.471. The molecule has 0 radical (unpaired) electrons. The third-order valence-corrected chi connectivity index (χ3v) is 7.32. The van der Waals surface area contributed by atoms with E-state index in [1.54, 1.807) is 30.3 Å². The van der Waals surface area contributed by atoms with Gasteiger partial charge in [-0.25, -0.2) is 9.78 Å². The number of carbonyl (C=O) groups is 1. The van der Waals surface area contributed by atoms with Gasteiger partial charge in [-0.05, 0) is 65.7 Å². The Labute approximate surface area is 243 Å². The molecule has 0 amide bonds. The molecule has 0 aliphatic rings. The summed E-state index contributed by atoms with van der Waals surface area (Å²) in [6.45, 7) is 0.548. The van der Waals surface area contributed by atoms with Gasteiger partial charge in [0.15, 0.2) is 5.13 Å². The predicted molar refractivity (Wildman–Crippen MR) is 154 cm³/mol. The van der Waals surface area contributed by atoms with E-state index in [1.165, 1.54) is 35.6 Å². The molecule has 5 aromatic rings. The minimum Gasteiger partial charge on any atom is -0.488 e. The van der Waals surface area contributed by atoms with Crippen molar-refractivity contribution >= 4 is 39.7 Å². The first-order valence-corrected chi connectivity index (χ1v) is 13.6. The van der Waals surface area contributed by atoms with Crippen molar-refractivity contribution in [3.63, 3.8) is 0 Å². The number of halogens is 4. The quantitative estimate of drug-likeness (QED) is 0.184. The van der Waals surface area contributed by atoms with Gasteiger partial charge in [-0.1, -0.05) is 54.1 Å². The van der Waals surface area contributed by atoms with Crippen LogP contribution in [-0.2, 0) is 19.3 Å². The number of nitrogens with zero attached hydrogens (tertiary/aromatic N) is 2. The van der Waals surface area contributed by atoms with Crippen LogP contribution >= 0.6 is 22.9 Å². The van der Waals surface area contributed by atoms with Crippen molar-refractivity contribution < 1.29 is 27.8 Å². The number of carboxylic acids is 1. The van der Waals surface area contributed by atoms with Crippen LogP contribution in [0.15, 0.2) is 102 Å². The summed E-state index contributed by atoms with van der Waals surface area (Å²) in [5.41, 5.74) is 2.91. The molecule has 0 aliphatic heterocycles. The Kier molecular flexibility index (Phi) is 8.28. The summed E-state index contributed by atoms with van der Waals surface area (Å²) in [7, 11) is 0. The van der Waals surface area contributed by atoms with Gasteiger partial charge in [-0.15, -0.1) is 11.3 Å². The van der Waals surface area contributed by atoms with Gasteiger partial charge in [-0.3, -0.25) is 0 Å². The maximum absolute atomic E-state index is 13.1. The van der Waals surface area contributed by atoms with Gasteiger partial charge in [0.2, 0.25) is 0 Å². The largest absolute Gasteiger partial charge is 0.488 e. The average molecular weight is 595 g/mol. The molecule has 0 spiro atoms. The van der Waals surface area contributed by atoms with Crippen LogP contribution in [-0.4, -0.2) is 16.1 Å². The van der Waals surface area contributed by atoms with Crippen molar-refractivity contribution in [1.29, 1.82) is 0 Å². The molecule has 5 nitrogen and oxygen atoms in total. The number of thiazole rings is 1. The Morgan fingerprint density at radius 2 is 1.63 bits per heavy atom. The van der Waals surface area contributed by atoms with Crippen LogP contribution < -0.4 is 9.64 Å². The van der Waals surface area contributed by atoms with Gasteiger partial charge in [0.25, 0.3) is 0 Å². The van der Waals surface area contributed by atoms with E-state index in [2.05, 4.69) is 0 Å². The average Bonchev–Trinajstić information content (AvgIpc) is 3.45. The zero-order valence-electron chi connectivity index (χ0n) is 21.3. The van der Waals surface area contributed by atoms with Gasteiger partial charge in [0.1, 0.15) is 12.4 Å². The number of alkyl halides is 3. The summed E-state index contributed by atoms with van der Waals surface area (Å²) in [4.78, 5) is 18.0. The Morgan fingerprint density at radius 3 is 2.29 bits per heavy atom. The standard InChI is InChI=1S/C31H22ClF3N2O3S/c32-24-12-15-28(40-18-21-4-2-1-3-5-21)26(16-24)27-19-41-30(36-27)37(25-13-8-22(9-14-25)29(38)39)17-20-6-10-23(11-7-20)31(33,34)35/h1-16,19H,17-18H2,(H,38,39). The van der Waals surface area contributed by atoms with Crippen LogP contribution in [0.25, 0.3) is 11.3 Å². The van der Waals surface area contributed by atoms with Crippen molar-refractivity contribution in [2.75, 3.05) is 4.90 Å². The van der Waals surface area contributed by atoms with Crippen LogP contribution in [0.3, 0.4) is 0 Å². The van der Waals surface area contributed by atoms with Gasteiger partial charge >= 0.3 is 12.1 Å². The van der Waals surface area contributed by atoms with Gasteiger partial charge in [0, 0.05) is 21.7 Å². The number of ether oxygens (including phenoxy) is 1. The molecule has 1 aromatic heterocycles. The second-order valence-electron chi connectivity index (χ2n) is 9.06. The molecule has 0 unspecified atom stereocenters. The summed E-state index contributed by atoms with van der Waals surface area (Å²) < 4.78 is 45.4. The number of aromatic nitrogens is 1. The van der Waals surface area contributed by atoms with E-state index in [0.717, 1.165) is 17.7 Å². The second kappa shape index (κ2) is 12.0. The maximum atomic E-state index is 13.1. The van der Waals surface area contributed by atoms with E-state index in [9.17, 15) is 23.1 Å². The minimum atomic E-state index is -4.44. The SMILES string of the molecule is O=C(O)c1ccc(N(Cc2ccc(C(F)(F)F)cc2)c2nc(-c3cc(Cl)ccc3OCc3ccccc3)cs2)cc1. The van der Waals surface area contributed by atoms with E-state index in [-0.39, 0.29) is 12.1 Å². The molecule has 0 saturated carbocycles. The zero-order chi connectivity index (χ0) is 29.0. The van der Waals surface area contributed by atoms with Crippen LogP contribution in [0, 0.1) is 0 Å². The monoisotopic (exact) mass is 594 g/mol. The summed E-state index contributed by atoms with van der Waals surface area (Å²) in [6, 6.07) is 26.1. The topological polar surface area (TPSA) is 62.7 Å². The zero-order valence-corrected chi connectivity index (χ0v) is 22.9. The Bertz CT molecular complexity index is 1640. The molecule has 10 heteroatoms. The molecule has 0 atom stereocenters. The highest BCUT2D eigenvalue weighted by Gasteiger charge is 2.30. The lowest BCUT2D eigenvalue weighted by Gasteiger charge is -2.22. The van der Waals surface area contributed by atoms with E-state index in [4.69, 9.17) is 21.3 Å². The lowest BCUT2D eigenvalue weighted by Crippen LogP contribution is -2.17. The molecule has 5 rings (SSSR count). The molecular weight excluding hydrogens is 573 g/mol. The second-order valence-corrected chi connectivity index (χ2v) is 10.3. The summed E-state index contributed by atoms with van der Waals surface area (Å²) in [5, 5.41) is 12.2. The summed E-state index contributed by atoms with van der Waals surface area (Å²) >= 11 is 7.66. The molecule has 1 N–H and O–H groups in total. The van der Waals surface area contributed by atoms with Crippen molar-refractivity contribution in [2.24, 2.45) is 0 Å². The predicted octanol–water partition coefficient (Wildman–Crippen LogP) is 9.10. The molecule has 41 heavy (non-hydrogen) atoms. The van der Waals surface area contributed by atoms with Gasteiger partial charge < -0.3 is 14.7 Å². The van der Waals surface area contributed by atoms with Gasteiger partial charge in [0.05, 0.1) is 23.4 Å². The lowest BCUT2D eigenvalue weighted by molar-refractivity contribution is -0.137. The first-order chi connectivity index (χ1) is 19.7. The highest BCUT2D eigenvalue weighted by Crippen LogP contribution is 2.38. The smallest absolute Gasteiger partial charge is 0.416 e. The number of rotatable bonds is 9. The number of anilines is 2. The van der Waals surface area contributed by atoms with Gasteiger partial charge in [-0.2, -0.15) is 13.2 Å². The highest BCUT2D eigenvalue weighted by atomic mass is 35.5. The lowest BCUT2D eigenvalue weighted by atomic mass is 10.1. The highest BCUT2D eigenvalue weighted by molar-refractivity contribution is 7.14. The van der Waals surface area contributed by atoms with Crippen molar-refractivity contribution in [3.05, 3.63) is 130 Å². The Balaban J connectivity index is 1.48. The van der Waals surface area contributed by atoms with Crippen molar-refractivity contribution in [2.45, 2.75) is 19.3 Å². The number of aromatic carboxylic acids is 1. The molecule has 4 aromatic carbocycles. The Morgan fingerprint density at radius 1 is 0.927 bits per heavy atom. The minimum absolute atomic E-state index is 0.113. The van der Waals surface area contributed by atoms with Crippen LogP contribution in [0.1, 0.15) is 27.0 Å². The Hall–Kier alpha value is -4.34. The van der Waals surface area contributed by atoms with E-state index < -0.39 is 17.7 Å². The third kappa shape index (κ3) is 6.87. The van der Waals surface area contributed by atoms with Crippen molar-refractivity contribution in [3.8, 4) is 17.0 Å². The summed E-state index contributed by atoms with van der Waals surface area (Å²) in [6.07, 6.45) is -4.44. The fraction of sp³-hybridized carbons (Fsp3) is 0.0968. The molecule has 0 saturated heterocycles. The molecule has 1 heterocycles.